The van der Waals surface area contributed by atoms with Crippen LogP contribution in [0.15, 0.2) is 53.6 Å². The maximum atomic E-state index is 12.6. The molecule has 23 heavy (non-hydrogen) atoms. The number of allylic oxidation sites excluding steroid dienone is 3. The topological polar surface area (TPSA) is 26.3 Å². The number of carbonyl (C=O) groups is 1. The second kappa shape index (κ2) is 5.23. The van der Waals surface area contributed by atoms with E-state index in [4.69, 9.17) is 4.74 Å². The molecule has 118 valence electrons. The van der Waals surface area contributed by atoms with E-state index in [-0.39, 0.29) is 11.9 Å². The second-order valence-corrected chi connectivity index (χ2v) is 7.14. The molecule has 3 aliphatic rings. The number of hydrogen-bond acceptors (Lipinski definition) is 2. The summed E-state index contributed by atoms with van der Waals surface area (Å²) >= 11 is 0. The molecule has 0 bridgehead atoms. The molecular formula is C21H22O2. The van der Waals surface area contributed by atoms with Gasteiger partial charge in [-0.1, -0.05) is 50.3 Å². The van der Waals surface area contributed by atoms with Crippen LogP contribution in [0, 0.1) is 11.8 Å². The van der Waals surface area contributed by atoms with E-state index in [9.17, 15) is 4.79 Å². The summed E-state index contributed by atoms with van der Waals surface area (Å²) in [7, 11) is 0. The van der Waals surface area contributed by atoms with Crippen LogP contribution in [0.5, 0.6) is 0 Å². The van der Waals surface area contributed by atoms with Gasteiger partial charge in [0.15, 0.2) is 5.78 Å². The van der Waals surface area contributed by atoms with Crippen LogP contribution in [-0.2, 0) is 4.74 Å². The van der Waals surface area contributed by atoms with Crippen LogP contribution in [-0.4, -0.2) is 11.9 Å². The van der Waals surface area contributed by atoms with Crippen molar-refractivity contribution < 1.29 is 9.53 Å². The van der Waals surface area contributed by atoms with Crippen LogP contribution in [0.1, 0.15) is 49.0 Å². The first-order valence-corrected chi connectivity index (χ1v) is 8.50. The van der Waals surface area contributed by atoms with Crippen molar-refractivity contribution in [1.82, 2.24) is 0 Å². The fraction of sp³-hybridized carbons (Fsp3) is 0.381. The van der Waals surface area contributed by atoms with Crippen LogP contribution in [0.4, 0.5) is 0 Å². The lowest BCUT2D eigenvalue weighted by Crippen LogP contribution is -2.33. The van der Waals surface area contributed by atoms with E-state index in [1.807, 2.05) is 24.3 Å². The minimum absolute atomic E-state index is 0.0515. The number of ketones is 1. The first kappa shape index (κ1) is 14.5. The average Bonchev–Trinajstić information content (AvgIpc) is 2.58. The Kier molecular flexibility index (Phi) is 3.29. The van der Waals surface area contributed by atoms with Crippen LogP contribution >= 0.6 is 0 Å². The zero-order valence-electron chi connectivity index (χ0n) is 13.8. The van der Waals surface area contributed by atoms with Gasteiger partial charge in [-0.25, -0.2) is 0 Å². The van der Waals surface area contributed by atoms with Gasteiger partial charge in [0.05, 0.1) is 0 Å². The predicted molar refractivity (Wildman–Crippen MR) is 92.0 cm³/mol. The molecule has 0 aromatic heterocycles. The summed E-state index contributed by atoms with van der Waals surface area (Å²) < 4.78 is 6.41. The van der Waals surface area contributed by atoms with Crippen LogP contribution < -0.4 is 0 Å². The maximum Gasteiger partial charge on any atom is 0.193 e. The van der Waals surface area contributed by atoms with Gasteiger partial charge in [0, 0.05) is 28.2 Å². The highest BCUT2D eigenvalue weighted by atomic mass is 16.5. The third-order valence-corrected chi connectivity index (χ3v) is 5.44. The van der Waals surface area contributed by atoms with E-state index in [0.29, 0.717) is 17.4 Å². The Bertz CT molecular complexity index is 764. The summed E-state index contributed by atoms with van der Waals surface area (Å²) in [5.41, 5.74) is 4.79. The lowest BCUT2D eigenvalue weighted by atomic mass is 9.74. The summed E-state index contributed by atoms with van der Waals surface area (Å²) in [5.74, 6) is 1.97. The van der Waals surface area contributed by atoms with Crippen LogP contribution in [0.25, 0.3) is 5.76 Å². The number of hydrogen-bond donors (Lipinski definition) is 0. The van der Waals surface area contributed by atoms with Gasteiger partial charge in [0.25, 0.3) is 0 Å². The van der Waals surface area contributed by atoms with E-state index >= 15 is 0 Å². The number of Topliss-reactive ketones (excluding diaryl/α,β-unsaturated/α-hetero) is 1. The number of carbonyl (C=O) groups excluding carboxylic acids is 1. The molecular weight excluding hydrogens is 284 g/mol. The lowest BCUT2D eigenvalue weighted by Gasteiger charge is -2.39. The zero-order chi connectivity index (χ0) is 16.1. The molecule has 4 rings (SSSR count). The number of rotatable bonds is 1. The normalized spacial score (nSPS) is 26.3. The molecule has 1 heterocycles. The number of fused-ring (bicyclic) bond motifs is 3. The molecule has 2 unspecified atom stereocenters. The van der Waals surface area contributed by atoms with Gasteiger partial charge in [-0.3, -0.25) is 4.79 Å². The van der Waals surface area contributed by atoms with E-state index < -0.39 is 0 Å². The molecule has 2 nitrogen and oxygen atoms in total. The number of ether oxygens (including phenoxy) is 1. The van der Waals surface area contributed by atoms with Gasteiger partial charge < -0.3 is 4.74 Å². The van der Waals surface area contributed by atoms with Crippen molar-refractivity contribution >= 4 is 11.5 Å². The van der Waals surface area contributed by atoms with Crippen molar-refractivity contribution in [2.75, 3.05) is 0 Å². The summed E-state index contributed by atoms with van der Waals surface area (Å²) in [6.07, 6.45) is 5.63. The molecule has 2 aliphatic carbocycles. The summed E-state index contributed by atoms with van der Waals surface area (Å²) in [5, 5.41) is 0. The summed E-state index contributed by atoms with van der Waals surface area (Å²) in [6, 6.07) is 7.73. The molecule has 0 amide bonds. The van der Waals surface area contributed by atoms with Gasteiger partial charge in [-0.15, -0.1) is 0 Å². The Morgan fingerprint density at radius 3 is 2.70 bits per heavy atom. The molecule has 1 aromatic carbocycles. The zero-order valence-corrected chi connectivity index (χ0v) is 13.8. The first-order chi connectivity index (χ1) is 11.1. The number of benzene rings is 1. The van der Waals surface area contributed by atoms with Gasteiger partial charge in [0.2, 0.25) is 0 Å². The van der Waals surface area contributed by atoms with Gasteiger partial charge in [-0.05, 0) is 31.3 Å². The second-order valence-electron chi connectivity index (χ2n) is 7.14. The lowest BCUT2D eigenvalue weighted by molar-refractivity contribution is 0.0985. The van der Waals surface area contributed by atoms with Gasteiger partial charge >= 0.3 is 0 Å². The molecule has 0 saturated carbocycles. The smallest absolute Gasteiger partial charge is 0.193 e. The predicted octanol–water partition coefficient (Wildman–Crippen LogP) is 4.93. The Morgan fingerprint density at radius 2 is 1.96 bits per heavy atom. The minimum atomic E-state index is 0.0515. The Labute approximate surface area is 137 Å². The molecule has 0 N–H and O–H groups in total. The van der Waals surface area contributed by atoms with Crippen LogP contribution in [0.3, 0.4) is 0 Å². The van der Waals surface area contributed by atoms with Gasteiger partial charge in [-0.2, -0.15) is 0 Å². The molecule has 2 heteroatoms. The Hall–Kier alpha value is -2.09. The molecule has 1 aromatic rings. The fourth-order valence-electron chi connectivity index (χ4n) is 4.00. The fourth-order valence-corrected chi connectivity index (χ4v) is 4.00. The van der Waals surface area contributed by atoms with Crippen LogP contribution in [0.2, 0.25) is 0 Å². The van der Waals surface area contributed by atoms with Crippen molar-refractivity contribution in [2.45, 2.75) is 39.2 Å². The highest BCUT2D eigenvalue weighted by Gasteiger charge is 2.39. The summed E-state index contributed by atoms with van der Waals surface area (Å²) in [6.45, 7) is 8.55. The molecule has 0 fully saturated rings. The molecule has 1 aliphatic heterocycles. The standard InChI is InChI=1S/C21H22O2/c1-12(2)14-8-9-15-10-18-13(3)20(22)16-6-4-5-7-17(16)21(18)23-19(15)11-14/h4-7,11-12,15,19H,3,8-10H2,1-2H3. The van der Waals surface area contributed by atoms with E-state index in [2.05, 4.69) is 26.5 Å². The third-order valence-electron chi connectivity index (χ3n) is 5.44. The third kappa shape index (κ3) is 2.20. The first-order valence-electron chi connectivity index (χ1n) is 8.50. The molecule has 2 atom stereocenters. The molecule has 0 saturated heterocycles. The highest BCUT2D eigenvalue weighted by molar-refractivity contribution is 6.17. The van der Waals surface area contributed by atoms with Crippen molar-refractivity contribution in [3.63, 3.8) is 0 Å². The Morgan fingerprint density at radius 1 is 1.22 bits per heavy atom. The monoisotopic (exact) mass is 306 g/mol. The minimum Gasteiger partial charge on any atom is -0.485 e. The van der Waals surface area contributed by atoms with Crippen molar-refractivity contribution in [3.8, 4) is 0 Å². The van der Waals surface area contributed by atoms with Crippen molar-refractivity contribution in [3.05, 3.63) is 64.8 Å². The van der Waals surface area contributed by atoms with E-state index in [1.165, 1.54) is 5.57 Å². The SMILES string of the molecule is C=C1C(=O)c2ccccc2C2=C1CC1CCC(C(C)C)=CC1O2. The van der Waals surface area contributed by atoms with Crippen molar-refractivity contribution in [2.24, 2.45) is 11.8 Å². The quantitative estimate of drug-likeness (QED) is 0.543. The average molecular weight is 306 g/mol. The van der Waals surface area contributed by atoms with Crippen molar-refractivity contribution in [1.29, 1.82) is 0 Å². The van der Waals surface area contributed by atoms with Gasteiger partial charge in [0.1, 0.15) is 11.9 Å². The Balaban J connectivity index is 1.79. The highest BCUT2D eigenvalue weighted by Crippen LogP contribution is 2.46. The van der Waals surface area contributed by atoms with E-state index in [1.54, 1.807) is 0 Å². The molecule has 0 radical (unpaired) electrons. The maximum absolute atomic E-state index is 12.6. The van der Waals surface area contributed by atoms with E-state index in [0.717, 1.165) is 41.7 Å². The molecule has 0 spiro atoms. The largest absolute Gasteiger partial charge is 0.485 e. The summed E-state index contributed by atoms with van der Waals surface area (Å²) in [4.78, 5) is 12.6.